The third-order valence-corrected chi connectivity index (χ3v) is 13.6. The maximum atomic E-state index is 9.99. The van der Waals surface area contributed by atoms with Crippen molar-refractivity contribution in [2.45, 2.75) is 51.4 Å². The van der Waals surface area contributed by atoms with Gasteiger partial charge in [0.1, 0.15) is 17.5 Å². The molecule has 1 fully saturated rings. The van der Waals surface area contributed by atoms with E-state index in [2.05, 4.69) is 89.8 Å². The van der Waals surface area contributed by atoms with Crippen LogP contribution in [-0.4, -0.2) is 62.0 Å². The summed E-state index contributed by atoms with van der Waals surface area (Å²) < 4.78 is 6.68. The third kappa shape index (κ3) is 5.68. The zero-order chi connectivity index (χ0) is 28.5. The predicted octanol–water partition coefficient (Wildman–Crippen LogP) is 5.27. The Morgan fingerprint density at radius 2 is 1.93 bits per heavy atom. The predicted molar refractivity (Wildman–Crippen MR) is 164 cm³/mol. The highest BCUT2D eigenvalue weighted by atomic mass is 28.3. The fourth-order valence-corrected chi connectivity index (χ4v) is 5.90. The average molecular weight is 557 g/mol. The van der Waals surface area contributed by atoms with Crippen LogP contribution in [-0.2, 0) is 10.3 Å². The molecule has 1 aromatic carbocycles. The van der Waals surface area contributed by atoms with Crippen LogP contribution in [0.3, 0.4) is 0 Å². The van der Waals surface area contributed by atoms with Gasteiger partial charge in [0.25, 0.3) is 0 Å². The van der Waals surface area contributed by atoms with Crippen molar-refractivity contribution in [2.24, 2.45) is 0 Å². The Balaban J connectivity index is 1.38. The van der Waals surface area contributed by atoms with E-state index in [1.54, 1.807) is 6.20 Å². The summed E-state index contributed by atoms with van der Waals surface area (Å²) in [5, 5.41) is 20.3. The van der Waals surface area contributed by atoms with Crippen LogP contribution in [0.25, 0.3) is 11.3 Å². The van der Waals surface area contributed by atoms with Crippen molar-refractivity contribution in [2.75, 3.05) is 54.5 Å². The molecule has 3 N–H and O–H groups in total. The summed E-state index contributed by atoms with van der Waals surface area (Å²) in [5.74, 6) is 1.13. The zero-order valence-electron chi connectivity index (χ0n) is 24.4. The molecule has 4 heterocycles. The standard InChI is InChI=1S/C30H40N8OSi/c1-29(2,3)40(5,6)20-39-30(4)19-35-27-22(17-31)15-21(16-24(27)30)25-9-10-33-28(36-25)37-26-8-7-23(18-34-26)38-13-11-32-12-14-38/h7-10,15-16,18,32,35H,11-14,19-20H2,1-6H3,(H,33,34,36,37). The Morgan fingerprint density at radius 1 is 1.15 bits per heavy atom. The first-order chi connectivity index (χ1) is 19.0. The number of pyridine rings is 1. The van der Waals surface area contributed by atoms with Gasteiger partial charge in [-0.05, 0) is 42.3 Å². The highest BCUT2D eigenvalue weighted by Crippen LogP contribution is 2.44. The highest BCUT2D eigenvalue weighted by molar-refractivity contribution is 6.80. The van der Waals surface area contributed by atoms with Crippen molar-refractivity contribution in [3.05, 3.63) is 53.9 Å². The van der Waals surface area contributed by atoms with Gasteiger partial charge < -0.3 is 25.6 Å². The molecule has 5 rings (SSSR count). The number of benzene rings is 1. The summed E-state index contributed by atoms with van der Waals surface area (Å²) in [6.07, 6.45) is 4.35. The molecule has 210 valence electrons. The summed E-state index contributed by atoms with van der Waals surface area (Å²) in [5.41, 5.74) is 4.60. The number of nitriles is 1. The molecule has 0 spiro atoms. The van der Waals surface area contributed by atoms with Crippen LogP contribution >= 0.6 is 0 Å². The van der Waals surface area contributed by atoms with E-state index in [0.717, 1.165) is 60.6 Å². The van der Waals surface area contributed by atoms with E-state index < -0.39 is 13.7 Å². The molecule has 0 radical (unpaired) electrons. The molecule has 2 aliphatic heterocycles. The molecule has 2 aliphatic rings. The van der Waals surface area contributed by atoms with Gasteiger partial charge in [-0.1, -0.05) is 33.9 Å². The minimum atomic E-state index is -1.65. The van der Waals surface area contributed by atoms with Crippen molar-refractivity contribution in [3.8, 4) is 17.3 Å². The first kappa shape index (κ1) is 28.0. The fourth-order valence-electron chi connectivity index (χ4n) is 4.79. The molecule has 40 heavy (non-hydrogen) atoms. The molecule has 1 unspecified atom stereocenters. The van der Waals surface area contributed by atoms with Crippen molar-refractivity contribution in [1.29, 1.82) is 5.26 Å². The van der Waals surface area contributed by atoms with E-state index in [1.165, 1.54) is 0 Å². The molecule has 3 aromatic rings. The molecular weight excluding hydrogens is 516 g/mol. The van der Waals surface area contributed by atoms with Crippen LogP contribution in [0.2, 0.25) is 18.1 Å². The topological polar surface area (TPSA) is 111 Å². The maximum Gasteiger partial charge on any atom is 0.228 e. The van der Waals surface area contributed by atoms with Gasteiger partial charge in [0.15, 0.2) is 0 Å². The van der Waals surface area contributed by atoms with Crippen molar-refractivity contribution in [1.82, 2.24) is 20.3 Å². The molecule has 0 saturated carbocycles. The Labute approximate surface area is 238 Å². The monoisotopic (exact) mass is 556 g/mol. The minimum absolute atomic E-state index is 0.225. The van der Waals surface area contributed by atoms with Crippen LogP contribution < -0.4 is 20.9 Å². The smallest absolute Gasteiger partial charge is 0.228 e. The molecule has 1 atom stereocenters. The molecule has 0 amide bonds. The zero-order valence-corrected chi connectivity index (χ0v) is 25.4. The third-order valence-electron chi connectivity index (χ3n) is 8.63. The summed E-state index contributed by atoms with van der Waals surface area (Å²) in [7, 11) is -1.65. The first-order valence-electron chi connectivity index (χ1n) is 14.0. The van der Waals surface area contributed by atoms with Gasteiger partial charge in [-0.3, -0.25) is 0 Å². The van der Waals surface area contributed by atoms with E-state index in [-0.39, 0.29) is 5.04 Å². The number of hydrogen-bond donors (Lipinski definition) is 3. The second-order valence-corrected chi connectivity index (χ2v) is 18.2. The van der Waals surface area contributed by atoms with Gasteiger partial charge in [0.2, 0.25) is 5.95 Å². The average Bonchev–Trinajstić information content (AvgIpc) is 3.28. The van der Waals surface area contributed by atoms with E-state index in [0.29, 0.717) is 23.9 Å². The molecule has 10 heteroatoms. The number of aromatic nitrogens is 3. The van der Waals surface area contributed by atoms with Gasteiger partial charge in [0, 0.05) is 56.3 Å². The number of nitrogens with one attached hydrogen (secondary N) is 3. The van der Waals surface area contributed by atoms with Crippen LogP contribution in [0.5, 0.6) is 0 Å². The van der Waals surface area contributed by atoms with E-state index >= 15 is 0 Å². The Morgan fingerprint density at radius 3 is 2.60 bits per heavy atom. The van der Waals surface area contributed by atoms with Crippen molar-refractivity contribution >= 4 is 31.2 Å². The number of fused-ring (bicyclic) bond motifs is 1. The molecule has 2 aromatic heterocycles. The fraction of sp³-hybridized carbons (Fsp3) is 0.467. The van der Waals surface area contributed by atoms with Crippen LogP contribution in [0.1, 0.15) is 38.8 Å². The molecule has 1 saturated heterocycles. The van der Waals surface area contributed by atoms with Gasteiger partial charge in [-0.25, -0.2) is 15.0 Å². The van der Waals surface area contributed by atoms with Crippen LogP contribution in [0, 0.1) is 11.3 Å². The molecular formula is C30H40N8OSi. The lowest BCUT2D eigenvalue weighted by atomic mass is 9.93. The number of nitrogens with zero attached hydrogens (tertiary/aromatic N) is 5. The number of hydrogen-bond acceptors (Lipinski definition) is 9. The normalized spacial score (nSPS) is 19.1. The van der Waals surface area contributed by atoms with E-state index in [1.807, 2.05) is 24.4 Å². The molecule has 0 aliphatic carbocycles. The number of piperazine rings is 1. The summed E-state index contributed by atoms with van der Waals surface area (Å²) >= 11 is 0. The quantitative estimate of drug-likeness (QED) is 0.335. The largest absolute Gasteiger partial charge is 0.380 e. The van der Waals surface area contributed by atoms with Crippen molar-refractivity contribution in [3.63, 3.8) is 0 Å². The molecule has 9 nitrogen and oxygen atoms in total. The summed E-state index contributed by atoms with van der Waals surface area (Å²) in [6, 6.07) is 12.3. The maximum absolute atomic E-state index is 9.99. The van der Waals surface area contributed by atoms with Gasteiger partial charge >= 0.3 is 0 Å². The second kappa shape index (κ2) is 10.8. The van der Waals surface area contributed by atoms with E-state index in [4.69, 9.17) is 9.72 Å². The summed E-state index contributed by atoms with van der Waals surface area (Å²) in [6.45, 7) is 18.3. The SMILES string of the molecule is CC1(OC[Si](C)(C)C(C)(C)C)CNc2c(C#N)cc(-c3ccnc(Nc4ccc(N5CCNCC5)cn4)n3)cc21. The number of ether oxygens (including phenoxy) is 1. The highest BCUT2D eigenvalue weighted by Gasteiger charge is 2.42. The Hall–Kier alpha value is -3.52. The van der Waals surface area contributed by atoms with Gasteiger partial charge in [-0.15, -0.1) is 0 Å². The summed E-state index contributed by atoms with van der Waals surface area (Å²) in [4.78, 5) is 16.1. The number of anilines is 4. The van der Waals surface area contributed by atoms with Crippen LogP contribution in [0.4, 0.5) is 23.1 Å². The van der Waals surface area contributed by atoms with Gasteiger partial charge in [-0.2, -0.15) is 5.26 Å². The lowest BCUT2D eigenvalue weighted by molar-refractivity contribution is 0.00202. The lowest BCUT2D eigenvalue weighted by Crippen LogP contribution is -2.45. The first-order valence-corrected chi connectivity index (χ1v) is 17.2. The minimum Gasteiger partial charge on any atom is -0.380 e. The lowest BCUT2D eigenvalue weighted by Gasteiger charge is -2.39. The van der Waals surface area contributed by atoms with Crippen molar-refractivity contribution < 1.29 is 4.74 Å². The Bertz CT molecular complexity index is 1410. The van der Waals surface area contributed by atoms with E-state index in [9.17, 15) is 5.26 Å². The van der Waals surface area contributed by atoms with Gasteiger partial charge in [0.05, 0.1) is 36.9 Å². The Kier molecular flexibility index (Phi) is 7.57. The number of rotatable bonds is 7. The molecule has 0 bridgehead atoms. The second-order valence-electron chi connectivity index (χ2n) is 12.6. The van der Waals surface area contributed by atoms with Crippen LogP contribution in [0.15, 0.2) is 42.7 Å².